The summed E-state index contributed by atoms with van der Waals surface area (Å²) in [6.07, 6.45) is 8.18. The number of hydrogen-bond acceptors (Lipinski definition) is 5. The molecule has 1 saturated carbocycles. The lowest BCUT2D eigenvalue weighted by atomic mass is 10.1. The van der Waals surface area contributed by atoms with Gasteiger partial charge in [0, 0.05) is 41.8 Å². The van der Waals surface area contributed by atoms with Gasteiger partial charge < -0.3 is 10.6 Å². The normalized spacial score (nSPS) is 14.8. The molecule has 166 valence electrons. The van der Waals surface area contributed by atoms with E-state index in [-0.39, 0.29) is 18.3 Å². The molecule has 2 aromatic rings. The predicted molar refractivity (Wildman–Crippen MR) is 122 cm³/mol. The highest BCUT2D eigenvalue weighted by Crippen LogP contribution is 2.18. The maximum atomic E-state index is 12.5. The molecule has 1 aliphatic carbocycles. The van der Waals surface area contributed by atoms with Crippen molar-refractivity contribution in [3.05, 3.63) is 34.4 Å². The first kappa shape index (κ1) is 24.3. The second-order valence-electron chi connectivity index (χ2n) is 8.18. The van der Waals surface area contributed by atoms with Crippen LogP contribution in [0.3, 0.4) is 0 Å². The molecule has 30 heavy (non-hydrogen) atoms. The van der Waals surface area contributed by atoms with E-state index in [1.807, 2.05) is 33.8 Å². The van der Waals surface area contributed by atoms with Crippen LogP contribution >= 0.6 is 12.4 Å². The average molecular weight is 435 g/mol. The summed E-state index contributed by atoms with van der Waals surface area (Å²) in [5.41, 5.74) is 4.51. The Morgan fingerprint density at radius 2 is 1.67 bits per heavy atom. The van der Waals surface area contributed by atoms with E-state index in [9.17, 15) is 4.79 Å². The first-order valence-corrected chi connectivity index (χ1v) is 10.8. The van der Waals surface area contributed by atoms with Crippen molar-refractivity contribution < 1.29 is 4.79 Å². The van der Waals surface area contributed by atoms with Crippen LogP contribution in [0, 0.1) is 27.7 Å². The van der Waals surface area contributed by atoms with Crippen LogP contribution in [0.15, 0.2) is 6.07 Å². The Morgan fingerprint density at radius 3 is 2.30 bits per heavy atom. The molecule has 2 N–H and O–H groups in total. The molecule has 0 unspecified atom stereocenters. The lowest BCUT2D eigenvalue weighted by Gasteiger charge is -2.16. The third-order valence-electron chi connectivity index (χ3n) is 5.67. The van der Waals surface area contributed by atoms with Gasteiger partial charge in [-0.1, -0.05) is 25.7 Å². The minimum Gasteiger partial charge on any atom is -0.355 e. The van der Waals surface area contributed by atoms with Crippen molar-refractivity contribution in [2.45, 2.75) is 78.7 Å². The van der Waals surface area contributed by atoms with Crippen molar-refractivity contribution in [1.82, 2.24) is 30.4 Å². The summed E-state index contributed by atoms with van der Waals surface area (Å²) in [4.78, 5) is 21.5. The van der Waals surface area contributed by atoms with Crippen LogP contribution in [0.1, 0.15) is 66.9 Å². The zero-order valence-corrected chi connectivity index (χ0v) is 19.4. The van der Waals surface area contributed by atoms with Gasteiger partial charge in [-0.3, -0.25) is 4.79 Å². The summed E-state index contributed by atoms with van der Waals surface area (Å²) in [6, 6.07) is 2.54. The first-order valence-electron chi connectivity index (χ1n) is 10.8. The number of hydrogen-bond donors (Lipinski definition) is 2. The molecule has 2 aromatic heterocycles. The smallest absolute Gasteiger partial charge is 0.251 e. The van der Waals surface area contributed by atoms with Gasteiger partial charge in [0.1, 0.15) is 0 Å². The van der Waals surface area contributed by atoms with Crippen molar-refractivity contribution >= 4 is 18.3 Å². The number of nitrogens with zero attached hydrogens (tertiary/aromatic N) is 4. The highest BCUT2D eigenvalue weighted by molar-refractivity contribution is 5.85. The molecule has 0 saturated heterocycles. The molecule has 0 radical (unpaired) electrons. The van der Waals surface area contributed by atoms with Gasteiger partial charge in [-0.25, -0.2) is 14.6 Å². The number of carbonyl (C=O) groups is 1. The highest BCUT2D eigenvalue weighted by Gasteiger charge is 2.18. The maximum absolute atomic E-state index is 12.5. The van der Waals surface area contributed by atoms with E-state index in [0.29, 0.717) is 25.0 Å². The van der Waals surface area contributed by atoms with Gasteiger partial charge in [0.2, 0.25) is 5.91 Å². The summed E-state index contributed by atoms with van der Waals surface area (Å²) in [6.45, 7) is 9.27. The summed E-state index contributed by atoms with van der Waals surface area (Å²) >= 11 is 0. The molecule has 3 rings (SSSR count). The molecule has 1 aliphatic rings. The predicted octanol–water partition coefficient (Wildman–Crippen LogP) is 3.29. The number of nitrogens with one attached hydrogen (secondary N) is 2. The van der Waals surface area contributed by atoms with Crippen molar-refractivity contribution in [2.24, 2.45) is 0 Å². The second-order valence-corrected chi connectivity index (χ2v) is 8.18. The summed E-state index contributed by atoms with van der Waals surface area (Å²) in [7, 11) is 0. The largest absolute Gasteiger partial charge is 0.355 e. The van der Waals surface area contributed by atoms with Gasteiger partial charge in [0.25, 0.3) is 5.95 Å². The molecule has 1 amide bonds. The summed E-state index contributed by atoms with van der Waals surface area (Å²) in [5, 5.41) is 11.2. The van der Waals surface area contributed by atoms with Crippen molar-refractivity contribution in [1.29, 1.82) is 0 Å². The fourth-order valence-corrected chi connectivity index (χ4v) is 4.11. The SMILES string of the molecule is Cc1cc(C)nc(-n2nc(C)c(CC(=O)NCCNC3CCCCCC3)c2C)n1.Cl. The fourth-order valence-electron chi connectivity index (χ4n) is 4.11. The Labute approximate surface area is 185 Å². The number of halogens is 1. The van der Waals surface area contributed by atoms with Crippen molar-refractivity contribution in [3.63, 3.8) is 0 Å². The summed E-state index contributed by atoms with van der Waals surface area (Å²) in [5.74, 6) is 0.585. The zero-order valence-electron chi connectivity index (χ0n) is 18.6. The van der Waals surface area contributed by atoms with Gasteiger partial charge in [0.15, 0.2) is 0 Å². The molecule has 7 nitrogen and oxygen atoms in total. The lowest BCUT2D eigenvalue weighted by Crippen LogP contribution is -2.37. The van der Waals surface area contributed by atoms with E-state index in [0.717, 1.165) is 34.9 Å². The number of aryl methyl sites for hydroxylation is 3. The highest BCUT2D eigenvalue weighted by atomic mass is 35.5. The Bertz CT molecular complexity index is 822. The number of amides is 1. The third kappa shape index (κ3) is 6.51. The Morgan fingerprint density at radius 1 is 1.03 bits per heavy atom. The zero-order chi connectivity index (χ0) is 20.8. The monoisotopic (exact) mass is 434 g/mol. The van der Waals surface area contributed by atoms with Crippen LogP contribution in [-0.4, -0.2) is 44.8 Å². The molecule has 0 atom stereocenters. The van der Waals surface area contributed by atoms with Gasteiger partial charge in [-0.2, -0.15) is 5.10 Å². The fraction of sp³-hybridized carbons (Fsp3) is 0.636. The minimum atomic E-state index is 0. The van der Waals surface area contributed by atoms with Gasteiger partial charge in [-0.15, -0.1) is 12.4 Å². The van der Waals surface area contributed by atoms with Crippen molar-refractivity contribution in [2.75, 3.05) is 13.1 Å². The molecule has 0 bridgehead atoms. The third-order valence-corrected chi connectivity index (χ3v) is 5.67. The summed E-state index contributed by atoms with van der Waals surface area (Å²) < 4.78 is 1.74. The van der Waals surface area contributed by atoms with Gasteiger partial charge >= 0.3 is 0 Å². The van der Waals surface area contributed by atoms with Crippen LogP contribution in [0.25, 0.3) is 5.95 Å². The number of carbonyl (C=O) groups excluding carboxylic acids is 1. The minimum absolute atomic E-state index is 0. The molecule has 2 heterocycles. The van der Waals surface area contributed by atoms with E-state index in [1.54, 1.807) is 4.68 Å². The topological polar surface area (TPSA) is 84.7 Å². The van der Waals surface area contributed by atoms with Crippen LogP contribution in [0.4, 0.5) is 0 Å². The second kappa shape index (κ2) is 11.4. The van der Waals surface area contributed by atoms with E-state index < -0.39 is 0 Å². The first-order chi connectivity index (χ1) is 13.9. The Hall–Kier alpha value is -1.99. The number of aromatic nitrogens is 4. The average Bonchev–Trinajstić information content (AvgIpc) is 2.85. The molecular weight excluding hydrogens is 400 g/mol. The maximum Gasteiger partial charge on any atom is 0.251 e. The van der Waals surface area contributed by atoms with Crippen LogP contribution < -0.4 is 10.6 Å². The van der Waals surface area contributed by atoms with Crippen LogP contribution in [0.5, 0.6) is 0 Å². The van der Waals surface area contributed by atoms with Crippen LogP contribution in [-0.2, 0) is 11.2 Å². The Kier molecular flexibility index (Phi) is 9.24. The molecular formula is C22H35ClN6O. The Balaban J connectivity index is 0.00000320. The van der Waals surface area contributed by atoms with E-state index in [1.165, 1.54) is 38.5 Å². The standard InChI is InChI=1S/C22H34N6O.ClH/c1-15-13-16(2)26-22(25-15)28-18(4)20(17(3)27-28)14-21(29)24-12-11-23-19-9-7-5-6-8-10-19;/h13,19,23H,5-12,14H2,1-4H3,(H,24,29);1H. The lowest BCUT2D eigenvalue weighted by molar-refractivity contribution is -0.120. The molecule has 0 spiro atoms. The van der Waals surface area contributed by atoms with Gasteiger partial charge in [-0.05, 0) is 46.6 Å². The van der Waals surface area contributed by atoms with Crippen molar-refractivity contribution in [3.8, 4) is 5.95 Å². The molecule has 0 aliphatic heterocycles. The quantitative estimate of drug-likeness (QED) is 0.516. The van der Waals surface area contributed by atoms with Gasteiger partial charge in [0.05, 0.1) is 12.1 Å². The van der Waals surface area contributed by atoms with E-state index in [4.69, 9.17) is 0 Å². The molecule has 8 heteroatoms. The van der Waals surface area contributed by atoms with E-state index >= 15 is 0 Å². The molecule has 1 fully saturated rings. The molecule has 0 aromatic carbocycles. The van der Waals surface area contributed by atoms with E-state index in [2.05, 4.69) is 25.7 Å². The van der Waals surface area contributed by atoms with Crippen LogP contribution in [0.2, 0.25) is 0 Å². The number of rotatable bonds is 7.